The Morgan fingerprint density at radius 1 is 0.871 bits per heavy atom. The maximum absolute atomic E-state index is 12.9. The average Bonchev–Trinajstić information content (AvgIpc) is 3.01. The Kier molecular flexibility index (Phi) is 5.62. The van der Waals surface area contributed by atoms with Crippen molar-refractivity contribution in [2.45, 2.75) is 6.92 Å². The second-order valence-corrected chi connectivity index (χ2v) is 6.97. The first-order valence-corrected chi connectivity index (χ1v) is 9.80. The number of aliphatic imine (C=N–C) groups is 1. The van der Waals surface area contributed by atoms with Crippen molar-refractivity contribution in [1.82, 2.24) is 9.36 Å². The van der Waals surface area contributed by atoms with E-state index in [4.69, 9.17) is 4.74 Å². The molecule has 3 aromatic carbocycles. The highest BCUT2D eigenvalue weighted by Crippen LogP contribution is 2.21. The van der Waals surface area contributed by atoms with Crippen molar-refractivity contribution in [2.75, 3.05) is 0 Å². The average molecular weight is 411 g/mol. The van der Waals surface area contributed by atoms with Crippen molar-refractivity contribution in [3.05, 3.63) is 107 Å². The molecule has 6 heteroatoms. The van der Waals surface area contributed by atoms with E-state index < -0.39 is 0 Å². The monoisotopic (exact) mass is 411 g/mol. The molecule has 0 aliphatic heterocycles. The number of nitrogens with zero attached hydrogens (tertiary/aromatic N) is 3. The zero-order chi connectivity index (χ0) is 21.8. The van der Waals surface area contributed by atoms with Gasteiger partial charge in [0, 0.05) is 12.6 Å². The SMILES string of the molecule is Cc1c(N=CC(=O)c2ccc(Oc3ccccc3)cc2)c(=O)n(-c2ccccc2)n1C. The number of carbonyl (C=O) groups is 1. The van der Waals surface area contributed by atoms with Crippen LogP contribution in [0.5, 0.6) is 11.5 Å². The van der Waals surface area contributed by atoms with Crippen LogP contribution in [0.1, 0.15) is 16.1 Å². The molecule has 0 fully saturated rings. The van der Waals surface area contributed by atoms with Crippen LogP contribution in [0.2, 0.25) is 0 Å². The molecule has 0 atom stereocenters. The number of ketones is 1. The number of aromatic nitrogens is 2. The van der Waals surface area contributed by atoms with Crippen LogP contribution in [-0.4, -0.2) is 21.4 Å². The van der Waals surface area contributed by atoms with Gasteiger partial charge in [-0.2, -0.15) is 0 Å². The number of hydrogen-bond donors (Lipinski definition) is 0. The number of benzene rings is 3. The smallest absolute Gasteiger partial charge is 0.297 e. The van der Waals surface area contributed by atoms with Gasteiger partial charge in [-0.3, -0.25) is 14.3 Å². The van der Waals surface area contributed by atoms with Crippen molar-refractivity contribution >= 4 is 17.7 Å². The van der Waals surface area contributed by atoms with E-state index >= 15 is 0 Å². The van der Waals surface area contributed by atoms with Gasteiger partial charge in [-0.15, -0.1) is 0 Å². The van der Waals surface area contributed by atoms with Crippen LogP contribution in [0.3, 0.4) is 0 Å². The van der Waals surface area contributed by atoms with Crippen LogP contribution >= 0.6 is 0 Å². The van der Waals surface area contributed by atoms with Crippen molar-refractivity contribution < 1.29 is 9.53 Å². The molecule has 1 aromatic heterocycles. The van der Waals surface area contributed by atoms with Gasteiger partial charge in [0.2, 0.25) is 5.78 Å². The van der Waals surface area contributed by atoms with Crippen LogP contribution in [-0.2, 0) is 7.05 Å². The van der Waals surface area contributed by atoms with E-state index in [1.54, 1.807) is 42.9 Å². The normalized spacial score (nSPS) is 11.0. The van der Waals surface area contributed by atoms with Crippen LogP contribution in [0.25, 0.3) is 5.69 Å². The molecule has 4 rings (SSSR count). The molecule has 0 saturated carbocycles. The Hall–Kier alpha value is -4.19. The van der Waals surface area contributed by atoms with Gasteiger partial charge in [0.1, 0.15) is 11.5 Å². The van der Waals surface area contributed by atoms with E-state index in [0.717, 1.165) is 11.4 Å². The molecule has 0 spiro atoms. The zero-order valence-electron chi connectivity index (χ0n) is 17.2. The number of rotatable bonds is 6. The van der Waals surface area contributed by atoms with Crippen LogP contribution in [0.15, 0.2) is 94.7 Å². The Morgan fingerprint density at radius 2 is 1.45 bits per heavy atom. The van der Waals surface area contributed by atoms with Crippen molar-refractivity contribution in [3.8, 4) is 17.2 Å². The lowest BCUT2D eigenvalue weighted by molar-refractivity contribution is 0.107. The van der Waals surface area contributed by atoms with Crippen molar-refractivity contribution in [3.63, 3.8) is 0 Å². The minimum atomic E-state index is -0.292. The summed E-state index contributed by atoms with van der Waals surface area (Å²) in [7, 11) is 1.79. The van der Waals surface area contributed by atoms with E-state index in [1.807, 2.05) is 60.7 Å². The maximum atomic E-state index is 12.9. The molecule has 0 aliphatic carbocycles. The second kappa shape index (κ2) is 8.67. The summed E-state index contributed by atoms with van der Waals surface area (Å²) in [6, 6.07) is 25.5. The van der Waals surface area contributed by atoms with Crippen LogP contribution in [0.4, 0.5) is 5.69 Å². The summed E-state index contributed by atoms with van der Waals surface area (Å²) in [5.41, 5.74) is 1.83. The fourth-order valence-electron chi connectivity index (χ4n) is 3.21. The molecule has 1 heterocycles. The number of hydrogen-bond acceptors (Lipinski definition) is 4. The number of carbonyl (C=O) groups excluding carboxylic acids is 1. The first-order valence-electron chi connectivity index (χ1n) is 9.80. The summed E-state index contributed by atoms with van der Waals surface area (Å²) < 4.78 is 9.00. The highest BCUT2D eigenvalue weighted by molar-refractivity contribution is 6.35. The third-order valence-electron chi connectivity index (χ3n) is 4.95. The number of ether oxygens (including phenoxy) is 1. The second-order valence-electron chi connectivity index (χ2n) is 6.97. The Labute approximate surface area is 179 Å². The first-order chi connectivity index (χ1) is 15.0. The van der Waals surface area contributed by atoms with Crippen molar-refractivity contribution in [2.24, 2.45) is 12.0 Å². The van der Waals surface area contributed by atoms with Gasteiger partial charge in [0.05, 0.1) is 17.6 Å². The predicted molar refractivity (Wildman–Crippen MR) is 121 cm³/mol. The maximum Gasteiger partial charge on any atom is 0.297 e. The molecule has 4 aromatic rings. The molecular formula is C25H21N3O3. The van der Waals surface area contributed by atoms with Gasteiger partial charge in [-0.05, 0) is 55.5 Å². The summed E-state index contributed by atoms with van der Waals surface area (Å²) in [5.74, 6) is 1.06. The van der Waals surface area contributed by atoms with E-state index in [2.05, 4.69) is 4.99 Å². The van der Waals surface area contributed by atoms with E-state index in [0.29, 0.717) is 17.0 Å². The zero-order valence-corrected chi connectivity index (χ0v) is 17.2. The van der Waals surface area contributed by atoms with E-state index in [1.165, 1.54) is 10.9 Å². The van der Waals surface area contributed by atoms with Crippen LogP contribution < -0.4 is 10.3 Å². The van der Waals surface area contributed by atoms with Gasteiger partial charge in [-0.1, -0.05) is 36.4 Å². The topological polar surface area (TPSA) is 65.6 Å². The fourth-order valence-corrected chi connectivity index (χ4v) is 3.21. The highest BCUT2D eigenvalue weighted by Gasteiger charge is 2.15. The molecule has 0 saturated heterocycles. The Bertz CT molecular complexity index is 1290. The molecule has 0 radical (unpaired) electrons. The Morgan fingerprint density at radius 3 is 2.10 bits per heavy atom. The molecule has 0 N–H and O–H groups in total. The van der Waals surface area contributed by atoms with E-state index in [9.17, 15) is 9.59 Å². The van der Waals surface area contributed by atoms with Gasteiger partial charge in [0.25, 0.3) is 5.56 Å². The molecule has 154 valence electrons. The molecule has 0 aliphatic rings. The Balaban J connectivity index is 1.54. The lowest BCUT2D eigenvalue weighted by atomic mass is 10.1. The van der Waals surface area contributed by atoms with Gasteiger partial charge >= 0.3 is 0 Å². The van der Waals surface area contributed by atoms with E-state index in [-0.39, 0.29) is 17.0 Å². The molecule has 31 heavy (non-hydrogen) atoms. The predicted octanol–water partition coefficient (Wildman–Crippen LogP) is 4.86. The summed E-state index contributed by atoms with van der Waals surface area (Å²) in [6.07, 6.45) is 1.19. The number of Topliss-reactive ketones (excluding diaryl/α,β-unsaturated/α-hetero) is 1. The third-order valence-corrected chi connectivity index (χ3v) is 4.95. The minimum absolute atomic E-state index is 0.240. The van der Waals surface area contributed by atoms with Gasteiger partial charge < -0.3 is 4.74 Å². The lowest BCUT2D eigenvalue weighted by Crippen LogP contribution is -2.19. The molecule has 0 unspecified atom stereocenters. The molecule has 0 bridgehead atoms. The molecule has 6 nitrogen and oxygen atoms in total. The standard InChI is InChI=1S/C25H21N3O3/c1-18-24(25(30)28(27(18)2)20-9-5-3-6-10-20)26-17-23(29)19-13-15-22(16-14-19)31-21-11-7-4-8-12-21/h3-17H,1-2H3. The first kappa shape index (κ1) is 20.1. The summed E-state index contributed by atoms with van der Waals surface area (Å²) >= 11 is 0. The highest BCUT2D eigenvalue weighted by atomic mass is 16.5. The van der Waals surface area contributed by atoms with Gasteiger partial charge in [0.15, 0.2) is 5.69 Å². The molecule has 0 amide bonds. The number of para-hydroxylation sites is 2. The third kappa shape index (κ3) is 4.23. The van der Waals surface area contributed by atoms with Gasteiger partial charge in [-0.25, -0.2) is 9.67 Å². The minimum Gasteiger partial charge on any atom is -0.457 e. The quantitative estimate of drug-likeness (QED) is 0.336. The largest absolute Gasteiger partial charge is 0.457 e. The molecular weight excluding hydrogens is 390 g/mol. The lowest BCUT2D eigenvalue weighted by Gasteiger charge is -2.07. The fraction of sp³-hybridized carbons (Fsp3) is 0.0800. The van der Waals surface area contributed by atoms with Crippen LogP contribution in [0, 0.1) is 6.92 Å². The van der Waals surface area contributed by atoms with Crippen molar-refractivity contribution in [1.29, 1.82) is 0 Å². The summed E-state index contributed by atoms with van der Waals surface area (Å²) in [4.78, 5) is 29.7. The summed E-state index contributed by atoms with van der Waals surface area (Å²) in [6.45, 7) is 1.80. The summed E-state index contributed by atoms with van der Waals surface area (Å²) in [5, 5.41) is 0.